The number of pyridine rings is 1. The van der Waals surface area contributed by atoms with E-state index < -0.39 is 22.2 Å². The fraction of sp³-hybridized carbons (Fsp3) is 0.0769. The maximum atomic E-state index is 13.6. The number of halogens is 2. The van der Waals surface area contributed by atoms with Gasteiger partial charge in [0.15, 0.2) is 5.15 Å². The van der Waals surface area contributed by atoms with E-state index in [1.54, 1.807) is 13.0 Å². The summed E-state index contributed by atoms with van der Waals surface area (Å²) in [6.07, 6.45) is 1.51. The van der Waals surface area contributed by atoms with Gasteiger partial charge in [0.25, 0.3) is 11.6 Å². The molecule has 1 aromatic heterocycles. The first kappa shape index (κ1) is 14.9. The number of aryl methyl sites for hydroxylation is 1. The quantitative estimate of drug-likeness (QED) is 0.535. The second-order valence-corrected chi connectivity index (χ2v) is 4.58. The third-order valence-electron chi connectivity index (χ3n) is 2.63. The molecule has 0 unspecified atom stereocenters. The SMILES string of the molecule is Cc1cnc(Cl)c(NC(=O)c2cc([N+](=O)[O-])ccc2F)c1. The molecule has 1 aromatic carbocycles. The minimum atomic E-state index is -0.866. The van der Waals surface area contributed by atoms with Gasteiger partial charge in [-0.15, -0.1) is 0 Å². The van der Waals surface area contributed by atoms with E-state index >= 15 is 0 Å². The van der Waals surface area contributed by atoms with Crippen LogP contribution in [0.2, 0.25) is 5.15 Å². The summed E-state index contributed by atoms with van der Waals surface area (Å²) in [5.74, 6) is -1.71. The van der Waals surface area contributed by atoms with Gasteiger partial charge in [-0.2, -0.15) is 0 Å². The maximum Gasteiger partial charge on any atom is 0.270 e. The van der Waals surface area contributed by atoms with Gasteiger partial charge < -0.3 is 5.32 Å². The van der Waals surface area contributed by atoms with Crippen molar-refractivity contribution < 1.29 is 14.1 Å². The number of anilines is 1. The summed E-state index contributed by atoms with van der Waals surface area (Å²) < 4.78 is 13.6. The smallest absolute Gasteiger partial charge is 0.270 e. The highest BCUT2D eigenvalue weighted by atomic mass is 35.5. The third-order valence-corrected chi connectivity index (χ3v) is 2.93. The van der Waals surface area contributed by atoms with E-state index in [-0.39, 0.29) is 16.5 Å². The van der Waals surface area contributed by atoms with Crippen molar-refractivity contribution >= 4 is 28.9 Å². The second-order valence-electron chi connectivity index (χ2n) is 4.23. The third kappa shape index (κ3) is 3.32. The predicted molar refractivity (Wildman–Crippen MR) is 75.0 cm³/mol. The average molecular weight is 310 g/mol. The van der Waals surface area contributed by atoms with Gasteiger partial charge in [-0.05, 0) is 24.6 Å². The summed E-state index contributed by atoms with van der Waals surface area (Å²) in [7, 11) is 0. The van der Waals surface area contributed by atoms with Crippen molar-refractivity contribution in [2.45, 2.75) is 6.92 Å². The topological polar surface area (TPSA) is 85.1 Å². The number of rotatable bonds is 3. The number of nitro groups is 1. The molecular weight excluding hydrogens is 301 g/mol. The Bertz CT molecular complexity index is 737. The molecule has 0 saturated carbocycles. The Labute approximate surface area is 123 Å². The summed E-state index contributed by atoms with van der Waals surface area (Å²) in [5.41, 5.74) is 0.124. The Morgan fingerprint density at radius 1 is 1.43 bits per heavy atom. The molecule has 0 aliphatic heterocycles. The largest absolute Gasteiger partial charge is 0.319 e. The van der Waals surface area contributed by atoms with Crippen molar-refractivity contribution in [3.8, 4) is 0 Å². The number of hydrogen-bond donors (Lipinski definition) is 1. The molecule has 0 fully saturated rings. The lowest BCUT2D eigenvalue weighted by molar-refractivity contribution is -0.384. The molecule has 0 atom stereocenters. The molecule has 1 N–H and O–H groups in total. The highest BCUT2D eigenvalue weighted by Crippen LogP contribution is 2.22. The fourth-order valence-electron chi connectivity index (χ4n) is 1.63. The van der Waals surface area contributed by atoms with Crippen molar-refractivity contribution in [2.24, 2.45) is 0 Å². The Hall–Kier alpha value is -2.54. The average Bonchev–Trinajstić information content (AvgIpc) is 2.43. The molecule has 0 aliphatic rings. The van der Waals surface area contributed by atoms with Crippen LogP contribution in [0.25, 0.3) is 0 Å². The van der Waals surface area contributed by atoms with Gasteiger partial charge in [-0.3, -0.25) is 14.9 Å². The number of hydrogen-bond acceptors (Lipinski definition) is 4. The zero-order chi connectivity index (χ0) is 15.6. The van der Waals surface area contributed by atoms with Gasteiger partial charge in [0.1, 0.15) is 5.82 Å². The summed E-state index contributed by atoms with van der Waals surface area (Å²) in [5, 5.41) is 13.1. The number of amides is 1. The van der Waals surface area contributed by atoms with Crippen LogP contribution < -0.4 is 5.32 Å². The van der Waals surface area contributed by atoms with Crippen molar-refractivity contribution in [2.75, 3.05) is 5.32 Å². The van der Waals surface area contributed by atoms with E-state index in [1.807, 2.05) is 0 Å². The van der Waals surface area contributed by atoms with Gasteiger partial charge in [0.05, 0.1) is 16.2 Å². The van der Waals surface area contributed by atoms with Crippen LogP contribution in [0.15, 0.2) is 30.5 Å². The zero-order valence-electron chi connectivity index (χ0n) is 10.8. The van der Waals surface area contributed by atoms with E-state index in [9.17, 15) is 19.3 Å². The molecule has 8 heteroatoms. The number of benzene rings is 1. The van der Waals surface area contributed by atoms with E-state index in [0.717, 1.165) is 23.8 Å². The van der Waals surface area contributed by atoms with Crippen LogP contribution in [0.4, 0.5) is 15.8 Å². The number of carbonyl (C=O) groups is 1. The molecule has 1 amide bonds. The van der Waals surface area contributed by atoms with E-state index in [2.05, 4.69) is 10.3 Å². The Kier molecular flexibility index (Phi) is 4.13. The highest BCUT2D eigenvalue weighted by molar-refractivity contribution is 6.32. The van der Waals surface area contributed by atoms with Crippen molar-refractivity contribution in [1.82, 2.24) is 4.98 Å². The first-order chi connectivity index (χ1) is 9.88. The summed E-state index contributed by atoms with van der Waals surface area (Å²) in [4.78, 5) is 25.8. The Morgan fingerprint density at radius 2 is 2.14 bits per heavy atom. The van der Waals surface area contributed by atoms with Crippen LogP contribution in [0.1, 0.15) is 15.9 Å². The standard InChI is InChI=1S/C13H9ClFN3O3/c1-7-4-11(12(14)16-6-7)17-13(19)9-5-8(18(20)21)2-3-10(9)15/h2-6H,1H3,(H,17,19). The van der Waals surface area contributed by atoms with E-state index in [1.165, 1.54) is 6.20 Å². The molecule has 2 rings (SSSR count). The molecule has 0 saturated heterocycles. The van der Waals surface area contributed by atoms with E-state index in [0.29, 0.717) is 0 Å². The molecule has 0 radical (unpaired) electrons. The molecule has 1 heterocycles. The van der Waals surface area contributed by atoms with Crippen LogP contribution in [0.3, 0.4) is 0 Å². The molecule has 0 aliphatic carbocycles. The van der Waals surface area contributed by atoms with Crippen LogP contribution >= 0.6 is 11.6 Å². The normalized spacial score (nSPS) is 10.2. The first-order valence-corrected chi connectivity index (χ1v) is 6.13. The van der Waals surface area contributed by atoms with Gasteiger partial charge >= 0.3 is 0 Å². The monoisotopic (exact) mass is 309 g/mol. The fourth-order valence-corrected chi connectivity index (χ4v) is 1.78. The lowest BCUT2D eigenvalue weighted by Crippen LogP contribution is -2.14. The second kappa shape index (κ2) is 5.84. The summed E-state index contributed by atoms with van der Waals surface area (Å²) in [6, 6.07) is 4.26. The number of aromatic nitrogens is 1. The van der Waals surface area contributed by atoms with Gasteiger partial charge in [-0.1, -0.05) is 11.6 Å². The molecule has 2 aromatic rings. The highest BCUT2D eigenvalue weighted by Gasteiger charge is 2.18. The van der Waals surface area contributed by atoms with Gasteiger partial charge in [0, 0.05) is 18.3 Å². The van der Waals surface area contributed by atoms with Crippen molar-refractivity contribution in [3.05, 3.63) is 62.7 Å². The Morgan fingerprint density at radius 3 is 2.81 bits per heavy atom. The van der Waals surface area contributed by atoms with Crippen LogP contribution in [0.5, 0.6) is 0 Å². The molecule has 21 heavy (non-hydrogen) atoms. The van der Waals surface area contributed by atoms with Crippen LogP contribution in [-0.4, -0.2) is 15.8 Å². The van der Waals surface area contributed by atoms with Crippen molar-refractivity contribution in [1.29, 1.82) is 0 Å². The number of nitro benzene ring substituents is 1. The lowest BCUT2D eigenvalue weighted by atomic mass is 10.1. The molecular formula is C13H9ClFN3O3. The first-order valence-electron chi connectivity index (χ1n) is 5.76. The molecule has 6 nitrogen and oxygen atoms in total. The number of nitrogens with one attached hydrogen (secondary N) is 1. The molecule has 108 valence electrons. The zero-order valence-corrected chi connectivity index (χ0v) is 11.5. The molecule has 0 spiro atoms. The van der Waals surface area contributed by atoms with Crippen LogP contribution in [-0.2, 0) is 0 Å². The van der Waals surface area contributed by atoms with Gasteiger partial charge in [-0.25, -0.2) is 9.37 Å². The molecule has 0 bridgehead atoms. The van der Waals surface area contributed by atoms with Crippen molar-refractivity contribution in [3.63, 3.8) is 0 Å². The van der Waals surface area contributed by atoms with Crippen LogP contribution in [0, 0.1) is 22.9 Å². The number of carbonyl (C=O) groups excluding carboxylic acids is 1. The Balaban J connectivity index is 2.34. The predicted octanol–water partition coefficient (Wildman–Crippen LogP) is 3.34. The summed E-state index contributed by atoms with van der Waals surface area (Å²) >= 11 is 5.82. The maximum absolute atomic E-state index is 13.6. The number of nitrogens with zero attached hydrogens (tertiary/aromatic N) is 2. The van der Waals surface area contributed by atoms with Gasteiger partial charge in [0.2, 0.25) is 0 Å². The lowest BCUT2D eigenvalue weighted by Gasteiger charge is -2.08. The van der Waals surface area contributed by atoms with E-state index in [4.69, 9.17) is 11.6 Å². The summed E-state index contributed by atoms with van der Waals surface area (Å²) in [6.45, 7) is 1.74. The minimum Gasteiger partial charge on any atom is -0.319 e. The number of non-ortho nitro benzene ring substituents is 1. The minimum absolute atomic E-state index is 0.0415.